The first-order valence-electron chi connectivity index (χ1n) is 17.9. The third-order valence-corrected chi connectivity index (χ3v) is 12.9. The smallest absolute Gasteiger partial charge is 0.303 e. The molecule has 0 radical (unpaired) electrons. The quantitative estimate of drug-likeness (QED) is 0.176. The molecule has 51 heavy (non-hydrogen) atoms. The number of aryl methyl sites for hydroxylation is 2. The van der Waals surface area contributed by atoms with E-state index in [0.717, 1.165) is 105 Å². The van der Waals surface area contributed by atoms with Gasteiger partial charge in [0.25, 0.3) is 20.2 Å². The number of hydrogen-bond acceptors (Lipinski definition) is 7. The van der Waals surface area contributed by atoms with Gasteiger partial charge in [-0.05, 0) is 115 Å². The summed E-state index contributed by atoms with van der Waals surface area (Å²) in [5, 5.41) is 9.10. The Labute approximate surface area is 299 Å². The summed E-state index contributed by atoms with van der Waals surface area (Å²) in [7, 11) is -9.49. The van der Waals surface area contributed by atoms with E-state index in [1.807, 2.05) is 0 Å². The van der Waals surface area contributed by atoms with Gasteiger partial charge in [0.2, 0.25) is 5.71 Å². The molecule has 3 aliphatic heterocycles. The molecule has 4 aliphatic rings. The van der Waals surface area contributed by atoms with Crippen molar-refractivity contribution in [3.05, 3.63) is 80.9 Å². The summed E-state index contributed by atoms with van der Waals surface area (Å²) in [4.78, 5) is 18.4. The zero-order chi connectivity index (χ0) is 36.3. The molecule has 0 bridgehead atoms. The lowest BCUT2D eigenvalue weighted by Gasteiger charge is -2.44. The number of benzene rings is 3. The SMILES string of the molecule is CC1(C)c2cc3c(cc2C(=[NH+]CCCCCC(=O)O)c2cc4c5c(c21)CCCN5CCC4)CCCN3Cc1ccc(S(=O)(=O)O)cc1S(=O)(=O)O. The van der Waals surface area contributed by atoms with Gasteiger partial charge in [-0.2, -0.15) is 16.8 Å². The van der Waals surface area contributed by atoms with Crippen molar-refractivity contribution in [3.8, 4) is 0 Å². The molecule has 0 unspecified atom stereocenters. The topological polar surface area (TPSA) is 166 Å². The van der Waals surface area contributed by atoms with E-state index in [2.05, 4.69) is 46.8 Å². The molecular weight excluding hydrogens is 691 g/mol. The molecule has 0 saturated heterocycles. The Morgan fingerprint density at radius 3 is 2.27 bits per heavy atom. The molecule has 0 amide bonds. The maximum atomic E-state index is 12.4. The van der Waals surface area contributed by atoms with Gasteiger partial charge in [-0.3, -0.25) is 13.9 Å². The molecule has 3 aromatic rings. The van der Waals surface area contributed by atoms with Gasteiger partial charge in [-0.25, -0.2) is 4.99 Å². The van der Waals surface area contributed by atoms with E-state index < -0.39 is 36.0 Å². The van der Waals surface area contributed by atoms with E-state index in [-0.39, 0.29) is 23.9 Å². The highest BCUT2D eigenvalue weighted by Gasteiger charge is 2.44. The molecule has 0 atom stereocenters. The molecule has 0 fully saturated rings. The lowest BCUT2D eigenvalue weighted by Crippen LogP contribution is -2.74. The Bertz CT molecular complexity index is 2170. The van der Waals surface area contributed by atoms with Crippen LogP contribution in [0.5, 0.6) is 0 Å². The van der Waals surface area contributed by atoms with Crippen LogP contribution in [-0.4, -0.2) is 68.9 Å². The molecule has 0 spiro atoms. The van der Waals surface area contributed by atoms with Crippen molar-refractivity contribution in [2.75, 3.05) is 36.0 Å². The summed E-state index contributed by atoms with van der Waals surface area (Å²) in [6, 6.07) is 10.2. The van der Waals surface area contributed by atoms with Gasteiger partial charge in [-0.1, -0.05) is 19.9 Å². The standard InChI is InChI=1S/C38H45N3O8S2/c1-38(2)31-22-32-24(9-6-18-41(32)23-26-13-14-27(50(44,45)46)21-33(26)51(47,48)49)19-29(31)36(39-15-5-3-4-12-34(42)43)30-20-25-10-7-16-40-17-8-11-28(35(30)38)37(25)40/h13-14,19-22H,3-12,15-18,23H2,1-2H3,(H,42,43)(H,44,45,46)(H,47,48,49)/p+1. The average molecular weight is 737 g/mol. The van der Waals surface area contributed by atoms with E-state index in [4.69, 9.17) is 5.11 Å². The fourth-order valence-electron chi connectivity index (χ4n) is 8.90. The maximum Gasteiger partial charge on any atom is 0.303 e. The minimum absolute atomic E-state index is 0.114. The number of nitrogens with one attached hydrogen (secondary N) is 1. The fraction of sp³-hybridized carbons (Fsp3) is 0.474. The summed E-state index contributed by atoms with van der Waals surface area (Å²) in [6.45, 7) is 8.19. The molecule has 1 aliphatic carbocycles. The third-order valence-electron chi connectivity index (χ3n) is 11.1. The Morgan fingerprint density at radius 1 is 0.843 bits per heavy atom. The first kappa shape index (κ1) is 35.6. The predicted molar refractivity (Wildman–Crippen MR) is 194 cm³/mol. The highest BCUT2D eigenvalue weighted by atomic mass is 32.2. The monoisotopic (exact) mass is 736 g/mol. The Kier molecular flexibility index (Phi) is 9.31. The van der Waals surface area contributed by atoms with Crippen LogP contribution >= 0.6 is 0 Å². The van der Waals surface area contributed by atoms with Gasteiger partial charge in [0.1, 0.15) is 11.4 Å². The molecule has 272 valence electrons. The molecule has 4 N–H and O–H groups in total. The van der Waals surface area contributed by atoms with Crippen LogP contribution in [0.4, 0.5) is 11.4 Å². The second kappa shape index (κ2) is 13.3. The largest absolute Gasteiger partial charge is 0.481 e. The Morgan fingerprint density at radius 2 is 1.55 bits per heavy atom. The van der Waals surface area contributed by atoms with E-state index in [9.17, 15) is 30.7 Å². The van der Waals surface area contributed by atoms with Crippen LogP contribution in [-0.2, 0) is 56.3 Å². The molecule has 0 aromatic heterocycles. The molecule has 3 aromatic carbocycles. The van der Waals surface area contributed by atoms with Gasteiger partial charge >= 0.3 is 5.97 Å². The van der Waals surface area contributed by atoms with Gasteiger partial charge < -0.3 is 14.9 Å². The lowest BCUT2D eigenvalue weighted by atomic mass is 9.64. The van der Waals surface area contributed by atoms with Crippen molar-refractivity contribution in [1.29, 1.82) is 0 Å². The second-order valence-electron chi connectivity index (χ2n) is 14.9. The summed E-state index contributed by atoms with van der Waals surface area (Å²) < 4.78 is 68.1. The molecule has 13 heteroatoms. The first-order valence-corrected chi connectivity index (χ1v) is 20.8. The van der Waals surface area contributed by atoms with Crippen molar-refractivity contribution in [2.45, 2.75) is 99.8 Å². The van der Waals surface area contributed by atoms with Crippen molar-refractivity contribution in [3.63, 3.8) is 0 Å². The number of anilines is 2. The molecule has 0 saturated carbocycles. The average Bonchev–Trinajstić information content (AvgIpc) is 3.06. The number of carbonyl (C=O) groups is 1. The zero-order valence-electron chi connectivity index (χ0n) is 29.2. The number of rotatable bonds is 10. The minimum atomic E-state index is -4.80. The van der Waals surface area contributed by atoms with Crippen LogP contribution in [0.3, 0.4) is 0 Å². The summed E-state index contributed by atoms with van der Waals surface area (Å²) >= 11 is 0. The van der Waals surface area contributed by atoms with Crippen LogP contribution in [0.25, 0.3) is 0 Å². The highest BCUT2D eigenvalue weighted by Crippen LogP contribution is 2.50. The second-order valence-corrected chi connectivity index (χ2v) is 17.7. The normalized spacial score (nSPS) is 18.5. The van der Waals surface area contributed by atoms with Crippen molar-refractivity contribution in [2.24, 2.45) is 0 Å². The Balaban J connectivity index is 1.34. The number of carboxylic acid groups (broad SMARTS) is 1. The summed E-state index contributed by atoms with van der Waals surface area (Å²) in [5.74, 6) is -0.773. The van der Waals surface area contributed by atoms with Crippen LogP contribution < -0.4 is 14.8 Å². The molecular formula is C38H46N3O8S2+. The highest BCUT2D eigenvalue weighted by molar-refractivity contribution is 7.86. The van der Waals surface area contributed by atoms with E-state index in [1.165, 1.54) is 34.0 Å². The predicted octanol–water partition coefficient (Wildman–Crippen LogP) is 4.03. The number of nitrogens with zero attached hydrogens (tertiary/aromatic N) is 2. The van der Waals surface area contributed by atoms with Crippen LogP contribution in [0.15, 0.2) is 46.2 Å². The summed E-state index contributed by atoms with van der Waals surface area (Å²) in [6.07, 6.45) is 8.42. The van der Waals surface area contributed by atoms with Crippen molar-refractivity contribution < 1.29 is 40.8 Å². The fourth-order valence-corrected chi connectivity index (χ4v) is 10.2. The van der Waals surface area contributed by atoms with Crippen LogP contribution in [0.1, 0.15) is 103 Å². The van der Waals surface area contributed by atoms with E-state index >= 15 is 0 Å². The number of fused-ring (bicyclic) bond motifs is 4. The molecule has 11 nitrogen and oxygen atoms in total. The van der Waals surface area contributed by atoms with Crippen molar-refractivity contribution >= 4 is 43.3 Å². The Hall–Kier alpha value is -3.78. The van der Waals surface area contributed by atoms with Crippen molar-refractivity contribution in [1.82, 2.24) is 0 Å². The van der Waals surface area contributed by atoms with Gasteiger partial charge in [-0.15, -0.1) is 0 Å². The zero-order valence-corrected chi connectivity index (χ0v) is 30.8. The number of hydrogen-bond donors (Lipinski definition) is 4. The lowest BCUT2D eigenvalue weighted by molar-refractivity contribution is -0.456. The molecule has 3 heterocycles. The number of aliphatic carboxylic acids is 1. The molecule has 7 rings (SSSR count). The van der Waals surface area contributed by atoms with Crippen LogP contribution in [0.2, 0.25) is 0 Å². The summed E-state index contributed by atoms with van der Waals surface area (Å²) in [5.41, 5.74) is 12.2. The number of unbranched alkanes of at least 4 members (excludes halogenated alkanes) is 2. The minimum Gasteiger partial charge on any atom is -0.481 e. The maximum absolute atomic E-state index is 12.4. The van der Waals surface area contributed by atoms with Gasteiger partial charge in [0, 0.05) is 55.8 Å². The van der Waals surface area contributed by atoms with Gasteiger partial charge in [0.05, 0.1) is 16.0 Å². The first-order chi connectivity index (χ1) is 24.1. The third kappa shape index (κ3) is 6.69. The van der Waals surface area contributed by atoms with E-state index in [0.29, 0.717) is 19.5 Å². The van der Waals surface area contributed by atoms with Gasteiger partial charge in [0.15, 0.2) is 0 Å². The van der Waals surface area contributed by atoms with E-state index in [1.54, 1.807) is 0 Å². The van der Waals surface area contributed by atoms with Crippen LogP contribution in [0, 0.1) is 0 Å². The number of carboxylic acids is 1.